The largest absolute Gasteiger partial charge is 0.437 e. The van der Waals surface area contributed by atoms with Gasteiger partial charge in [-0.25, -0.2) is 14.5 Å². The van der Waals surface area contributed by atoms with E-state index in [4.69, 9.17) is 4.42 Å². The SMILES string of the molecule is O=C(c1nc2c(o1)CN(C(=O)c1cc(Cc3n[nH]c(=O)c4ccccc34)ccc1F)C2)C1CC1. The molecule has 34 heavy (non-hydrogen) atoms. The van der Waals surface area contributed by atoms with Gasteiger partial charge in [0.05, 0.1) is 29.7 Å². The van der Waals surface area contributed by atoms with E-state index in [0.29, 0.717) is 39.9 Å². The van der Waals surface area contributed by atoms with Crippen LogP contribution in [0.3, 0.4) is 0 Å². The normalized spacial score (nSPS) is 15.0. The van der Waals surface area contributed by atoms with Crippen molar-refractivity contribution in [3.05, 3.63) is 92.8 Å². The molecular formula is C25H19FN4O4. The van der Waals surface area contributed by atoms with Crippen LogP contribution in [0.5, 0.6) is 0 Å². The molecule has 0 atom stereocenters. The van der Waals surface area contributed by atoms with Gasteiger partial charge in [0.2, 0.25) is 5.78 Å². The van der Waals surface area contributed by atoms with Crippen molar-refractivity contribution >= 4 is 22.5 Å². The van der Waals surface area contributed by atoms with Gasteiger partial charge in [-0.15, -0.1) is 0 Å². The molecule has 4 aromatic rings. The second-order valence-corrected chi connectivity index (χ2v) is 8.72. The molecule has 1 N–H and O–H groups in total. The number of amides is 1. The number of aromatic nitrogens is 3. The first kappa shape index (κ1) is 20.5. The number of rotatable bonds is 5. The second-order valence-electron chi connectivity index (χ2n) is 8.72. The summed E-state index contributed by atoms with van der Waals surface area (Å²) in [5.74, 6) is -0.626. The Bertz CT molecular complexity index is 1510. The second kappa shape index (κ2) is 7.72. The van der Waals surface area contributed by atoms with E-state index < -0.39 is 11.7 Å². The molecule has 6 rings (SSSR count). The predicted molar refractivity (Wildman–Crippen MR) is 119 cm³/mol. The van der Waals surface area contributed by atoms with Gasteiger partial charge in [-0.05, 0) is 36.6 Å². The number of carbonyl (C=O) groups excluding carboxylic acids is 2. The van der Waals surface area contributed by atoms with E-state index in [-0.39, 0.29) is 41.8 Å². The zero-order chi connectivity index (χ0) is 23.4. The van der Waals surface area contributed by atoms with Crippen LogP contribution in [0.25, 0.3) is 10.8 Å². The molecule has 1 saturated carbocycles. The van der Waals surface area contributed by atoms with Gasteiger partial charge < -0.3 is 9.32 Å². The highest BCUT2D eigenvalue weighted by Gasteiger charge is 2.37. The highest BCUT2D eigenvalue weighted by Crippen LogP contribution is 2.34. The number of fused-ring (bicyclic) bond motifs is 2. The maximum atomic E-state index is 14.6. The van der Waals surface area contributed by atoms with Crippen molar-refractivity contribution in [1.29, 1.82) is 0 Å². The van der Waals surface area contributed by atoms with E-state index in [1.54, 1.807) is 18.2 Å². The number of ketones is 1. The number of nitrogens with one attached hydrogen (secondary N) is 1. The number of halogens is 1. The number of hydrogen-bond donors (Lipinski definition) is 1. The Labute approximate surface area is 192 Å². The molecule has 9 heteroatoms. The molecule has 0 saturated heterocycles. The highest BCUT2D eigenvalue weighted by atomic mass is 19.1. The average Bonchev–Trinajstić information content (AvgIpc) is 3.50. The number of H-pyrrole nitrogens is 1. The fourth-order valence-corrected chi connectivity index (χ4v) is 4.33. The first-order valence-corrected chi connectivity index (χ1v) is 11.0. The van der Waals surface area contributed by atoms with Crippen molar-refractivity contribution in [2.45, 2.75) is 32.4 Å². The van der Waals surface area contributed by atoms with Crippen molar-refractivity contribution in [2.75, 3.05) is 0 Å². The molecule has 3 heterocycles. The average molecular weight is 458 g/mol. The van der Waals surface area contributed by atoms with Crippen molar-refractivity contribution in [3.8, 4) is 0 Å². The minimum Gasteiger partial charge on any atom is -0.437 e. The summed E-state index contributed by atoms with van der Waals surface area (Å²) in [6, 6.07) is 11.5. The molecule has 170 valence electrons. The summed E-state index contributed by atoms with van der Waals surface area (Å²) >= 11 is 0. The minimum atomic E-state index is -0.630. The third-order valence-electron chi connectivity index (χ3n) is 6.31. The lowest BCUT2D eigenvalue weighted by Gasteiger charge is -2.16. The first-order valence-electron chi connectivity index (χ1n) is 11.0. The van der Waals surface area contributed by atoms with E-state index >= 15 is 0 Å². The zero-order valence-electron chi connectivity index (χ0n) is 18.0. The van der Waals surface area contributed by atoms with Crippen LogP contribution in [0.2, 0.25) is 0 Å². The summed E-state index contributed by atoms with van der Waals surface area (Å²) in [6.45, 7) is 0.292. The zero-order valence-corrected chi connectivity index (χ0v) is 18.0. The predicted octanol–water partition coefficient (Wildman–Crippen LogP) is 3.39. The molecular weight excluding hydrogens is 439 g/mol. The van der Waals surface area contributed by atoms with Crippen LogP contribution in [-0.2, 0) is 19.5 Å². The molecule has 1 aliphatic heterocycles. The van der Waals surface area contributed by atoms with E-state index in [2.05, 4.69) is 15.2 Å². The first-order chi connectivity index (χ1) is 16.5. The maximum Gasteiger partial charge on any atom is 0.272 e. The lowest BCUT2D eigenvalue weighted by Crippen LogP contribution is -2.27. The lowest BCUT2D eigenvalue weighted by molar-refractivity contribution is 0.0736. The molecule has 0 radical (unpaired) electrons. The molecule has 0 spiro atoms. The number of Topliss-reactive ketones (excluding diaryl/α,β-unsaturated/α-hetero) is 1. The molecule has 0 bridgehead atoms. The molecule has 1 amide bonds. The fourth-order valence-electron chi connectivity index (χ4n) is 4.33. The maximum absolute atomic E-state index is 14.6. The molecule has 1 aliphatic carbocycles. The number of benzene rings is 2. The molecule has 0 unspecified atom stereocenters. The minimum absolute atomic E-state index is 0.00222. The van der Waals surface area contributed by atoms with E-state index in [0.717, 1.165) is 12.8 Å². The highest BCUT2D eigenvalue weighted by molar-refractivity contribution is 5.96. The Morgan fingerprint density at radius 1 is 1.12 bits per heavy atom. The molecule has 2 aromatic heterocycles. The van der Waals surface area contributed by atoms with Gasteiger partial charge in [-0.3, -0.25) is 14.4 Å². The van der Waals surface area contributed by atoms with E-state index in [9.17, 15) is 18.8 Å². The van der Waals surface area contributed by atoms with Gasteiger partial charge in [0, 0.05) is 17.7 Å². The Morgan fingerprint density at radius 2 is 1.91 bits per heavy atom. The Hall–Kier alpha value is -4.14. The van der Waals surface area contributed by atoms with Crippen LogP contribution < -0.4 is 5.56 Å². The summed E-state index contributed by atoms with van der Waals surface area (Å²) in [6.07, 6.45) is 2.03. The van der Waals surface area contributed by atoms with Gasteiger partial charge in [0.25, 0.3) is 17.4 Å². The number of oxazole rings is 1. The van der Waals surface area contributed by atoms with Crippen LogP contribution >= 0.6 is 0 Å². The third kappa shape index (κ3) is 3.49. The molecule has 8 nitrogen and oxygen atoms in total. The van der Waals surface area contributed by atoms with Gasteiger partial charge >= 0.3 is 0 Å². The topological polar surface area (TPSA) is 109 Å². The Balaban J connectivity index is 1.24. The summed E-state index contributed by atoms with van der Waals surface area (Å²) in [7, 11) is 0. The van der Waals surface area contributed by atoms with Crippen LogP contribution in [-0.4, -0.2) is 31.8 Å². The fraction of sp³-hybridized carbons (Fsp3) is 0.240. The number of hydrogen-bond acceptors (Lipinski definition) is 6. The van der Waals surface area contributed by atoms with Crippen molar-refractivity contribution in [1.82, 2.24) is 20.1 Å². The van der Waals surface area contributed by atoms with Gasteiger partial charge in [-0.2, -0.15) is 5.10 Å². The Kier molecular flexibility index (Phi) is 4.65. The molecule has 1 fully saturated rings. The lowest BCUT2D eigenvalue weighted by atomic mass is 10.0. The van der Waals surface area contributed by atoms with Crippen LogP contribution in [0.1, 0.15) is 56.6 Å². The quantitative estimate of drug-likeness (QED) is 0.459. The van der Waals surface area contributed by atoms with Crippen molar-refractivity contribution in [3.63, 3.8) is 0 Å². The van der Waals surface area contributed by atoms with E-state index in [1.807, 2.05) is 12.1 Å². The molecule has 2 aliphatic rings. The van der Waals surface area contributed by atoms with Crippen molar-refractivity contribution in [2.24, 2.45) is 5.92 Å². The van der Waals surface area contributed by atoms with E-state index in [1.165, 1.54) is 17.0 Å². The van der Waals surface area contributed by atoms with Crippen molar-refractivity contribution < 1.29 is 18.4 Å². The summed E-state index contributed by atoms with van der Waals surface area (Å²) < 4.78 is 20.2. The third-order valence-corrected chi connectivity index (χ3v) is 6.31. The number of aromatic amines is 1. The van der Waals surface area contributed by atoms with Gasteiger partial charge in [-0.1, -0.05) is 24.3 Å². The standard InChI is InChI=1S/C25H19FN4O4/c26-18-8-5-13(10-19-15-3-1-2-4-16(15)23(32)29-28-19)9-17(18)25(33)30-11-20-21(12-30)34-24(27-20)22(31)14-6-7-14/h1-5,8-9,14H,6-7,10-12H2,(H,29,32). The van der Waals surface area contributed by atoms with Gasteiger partial charge in [0.1, 0.15) is 17.3 Å². The van der Waals surface area contributed by atoms with Crippen LogP contribution in [0.4, 0.5) is 4.39 Å². The Morgan fingerprint density at radius 3 is 2.68 bits per heavy atom. The monoisotopic (exact) mass is 458 g/mol. The summed E-state index contributed by atoms with van der Waals surface area (Å²) in [5.41, 5.74) is 1.50. The van der Waals surface area contributed by atoms with Crippen LogP contribution in [0.15, 0.2) is 51.7 Å². The summed E-state index contributed by atoms with van der Waals surface area (Å²) in [5, 5.41) is 7.87. The van der Waals surface area contributed by atoms with Gasteiger partial charge in [0.15, 0.2) is 0 Å². The molecule has 2 aromatic carbocycles. The van der Waals surface area contributed by atoms with Crippen LogP contribution in [0, 0.1) is 11.7 Å². The number of carbonyl (C=O) groups is 2. The number of nitrogens with zero attached hydrogens (tertiary/aromatic N) is 3. The summed E-state index contributed by atoms with van der Waals surface area (Å²) in [4.78, 5) is 43.0. The smallest absolute Gasteiger partial charge is 0.272 e.